The average Bonchev–Trinajstić information content (AvgIpc) is 2.88. The Balaban J connectivity index is 1.84. The highest BCUT2D eigenvalue weighted by atomic mass is 35.5. The molecule has 4 heteroatoms. The van der Waals surface area contributed by atoms with Crippen LogP contribution in [0, 0.1) is 11.7 Å². The summed E-state index contributed by atoms with van der Waals surface area (Å²) in [6.45, 7) is 0.354. The van der Waals surface area contributed by atoms with Crippen molar-refractivity contribution in [3.05, 3.63) is 34.6 Å². The molecule has 1 aliphatic carbocycles. The highest BCUT2D eigenvalue weighted by Gasteiger charge is 2.44. The van der Waals surface area contributed by atoms with Gasteiger partial charge in [0.1, 0.15) is 5.82 Å². The monoisotopic (exact) mass is 253 g/mol. The predicted octanol–water partition coefficient (Wildman–Crippen LogP) is 2.99. The number of benzene rings is 1. The molecular formula is C13H13ClFNO. The van der Waals surface area contributed by atoms with E-state index in [1.165, 1.54) is 6.07 Å². The molecule has 2 nitrogen and oxygen atoms in total. The van der Waals surface area contributed by atoms with E-state index in [1.54, 1.807) is 12.1 Å². The van der Waals surface area contributed by atoms with Gasteiger partial charge in [0, 0.05) is 24.1 Å². The number of hydrogen-bond donors (Lipinski definition) is 0. The van der Waals surface area contributed by atoms with Crippen molar-refractivity contribution in [2.24, 2.45) is 5.92 Å². The second-order valence-electron chi connectivity index (χ2n) is 4.84. The van der Waals surface area contributed by atoms with Gasteiger partial charge in [0.15, 0.2) is 0 Å². The third-order valence-electron chi connectivity index (χ3n) is 3.85. The minimum absolute atomic E-state index is 0.124. The molecule has 90 valence electrons. The van der Waals surface area contributed by atoms with Crippen LogP contribution in [-0.4, -0.2) is 16.8 Å². The van der Waals surface area contributed by atoms with Crippen LogP contribution in [0.5, 0.6) is 0 Å². The van der Waals surface area contributed by atoms with Gasteiger partial charge in [-0.15, -0.1) is 0 Å². The number of fused-ring (bicyclic) bond motifs is 2. The molecule has 1 amide bonds. The van der Waals surface area contributed by atoms with Crippen LogP contribution in [0.3, 0.4) is 0 Å². The van der Waals surface area contributed by atoms with Gasteiger partial charge in [-0.3, -0.25) is 4.79 Å². The maximum Gasteiger partial charge on any atom is 0.226 e. The van der Waals surface area contributed by atoms with Gasteiger partial charge in [-0.25, -0.2) is 4.39 Å². The molecular weight excluding hydrogens is 241 g/mol. The first-order chi connectivity index (χ1) is 8.16. The largest absolute Gasteiger partial charge is 0.335 e. The predicted molar refractivity (Wildman–Crippen MR) is 63.1 cm³/mol. The lowest BCUT2D eigenvalue weighted by molar-refractivity contribution is -0.134. The van der Waals surface area contributed by atoms with E-state index in [4.69, 9.17) is 11.6 Å². The summed E-state index contributed by atoms with van der Waals surface area (Å²) in [6.07, 6.45) is 3.00. The second kappa shape index (κ2) is 3.98. The fraction of sp³-hybridized carbons (Fsp3) is 0.462. The fourth-order valence-corrected chi connectivity index (χ4v) is 3.13. The number of hydrogen-bond acceptors (Lipinski definition) is 1. The number of amides is 1. The lowest BCUT2D eigenvalue weighted by Gasteiger charge is -2.27. The molecule has 0 radical (unpaired) electrons. The van der Waals surface area contributed by atoms with Crippen molar-refractivity contribution in [1.82, 2.24) is 4.90 Å². The molecule has 17 heavy (non-hydrogen) atoms. The number of halogens is 2. The van der Waals surface area contributed by atoms with Crippen molar-refractivity contribution in [3.63, 3.8) is 0 Å². The number of carbonyl (C=O) groups excluding carboxylic acids is 1. The number of rotatable bonds is 2. The van der Waals surface area contributed by atoms with Gasteiger partial charge >= 0.3 is 0 Å². The highest BCUT2D eigenvalue weighted by molar-refractivity contribution is 6.30. The molecule has 1 saturated carbocycles. The third-order valence-corrected chi connectivity index (χ3v) is 4.14. The van der Waals surface area contributed by atoms with E-state index in [1.807, 2.05) is 4.90 Å². The molecule has 2 bridgehead atoms. The Bertz CT molecular complexity index is 476. The summed E-state index contributed by atoms with van der Waals surface area (Å²) in [7, 11) is 0. The Hall–Kier alpha value is -1.09. The first-order valence-corrected chi connectivity index (χ1v) is 6.28. The van der Waals surface area contributed by atoms with Crippen molar-refractivity contribution >= 4 is 17.5 Å². The molecule has 2 fully saturated rings. The number of nitrogens with zero attached hydrogens (tertiary/aromatic N) is 1. The summed E-state index contributed by atoms with van der Waals surface area (Å²) in [6, 6.07) is 5.25. The standard InChI is InChI=1S/C13H13ClFNO/c14-11-3-1-2-9(12(11)15)7-16-10-5-4-8(6-10)13(16)17/h1-3,8,10H,4-7H2/t8-,10+/m1/s1. The van der Waals surface area contributed by atoms with Crippen LogP contribution in [0.25, 0.3) is 0 Å². The SMILES string of the molecule is O=C1[C@@H]2CC[C@@H](C2)N1Cc1cccc(Cl)c1F. The summed E-state index contributed by atoms with van der Waals surface area (Å²) in [4.78, 5) is 13.7. The van der Waals surface area contributed by atoms with Crippen LogP contribution in [0.15, 0.2) is 18.2 Å². The minimum Gasteiger partial charge on any atom is -0.335 e. The Morgan fingerprint density at radius 3 is 2.94 bits per heavy atom. The number of carbonyl (C=O) groups is 1. The molecule has 0 unspecified atom stereocenters. The lowest BCUT2D eigenvalue weighted by atomic mass is 10.1. The molecule has 1 aromatic carbocycles. The summed E-state index contributed by atoms with van der Waals surface area (Å²) >= 11 is 5.74. The van der Waals surface area contributed by atoms with Gasteiger partial charge in [-0.1, -0.05) is 23.7 Å². The van der Waals surface area contributed by atoms with E-state index < -0.39 is 5.82 Å². The van der Waals surface area contributed by atoms with Crippen LogP contribution >= 0.6 is 11.6 Å². The van der Waals surface area contributed by atoms with Gasteiger partial charge in [0.25, 0.3) is 0 Å². The molecule has 2 atom stereocenters. The number of likely N-dealkylation sites (tertiary alicyclic amines) is 1. The van der Waals surface area contributed by atoms with Crippen LogP contribution in [0.2, 0.25) is 5.02 Å². The Kier molecular flexibility index (Phi) is 2.58. The summed E-state index contributed by atoms with van der Waals surface area (Å²) in [5.41, 5.74) is 0.512. The van der Waals surface area contributed by atoms with E-state index in [0.717, 1.165) is 19.3 Å². The molecule has 1 aliphatic heterocycles. The second-order valence-corrected chi connectivity index (χ2v) is 5.25. The van der Waals surface area contributed by atoms with E-state index in [2.05, 4.69) is 0 Å². The van der Waals surface area contributed by atoms with Crippen molar-refractivity contribution in [2.45, 2.75) is 31.8 Å². The summed E-state index contributed by atoms with van der Waals surface area (Å²) in [5.74, 6) is -0.0346. The van der Waals surface area contributed by atoms with Gasteiger partial charge in [0.05, 0.1) is 5.02 Å². The van der Waals surface area contributed by atoms with E-state index in [9.17, 15) is 9.18 Å². The third kappa shape index (κ3) is 1.73. The number of piperidine rings is 1. The maximum atomic E-state index is 13.8. The zero-order chi connectivity index (χ0) is 12.0. The highest BCUT2D eigenvalue weighted by Crippen LogP contribution is 2.39. The van der Waals surface area contributed by atoms with E-state index >= 15 is 0 Å². The molecule has 1 heterocycles. The summed E-state index contributed by atoms with van der Waals surface area (Å²) in [5, 5.41) is 0.124. The topological polar surface area (TPSA) is 20.3 Å². The van der Waals surface area contributed by atoms with Crippen LogP contribution < -0.4 is 0 Å². The zero-order valence-corrected chi connectivity index (χ0v) is 10.1. The minimum atomic E-state index is -0.398. The van der Waals surface area contributed by atoms with Gasteiger partial charge in [0.2, 0.25) is 5.91 Å². The van der Waals surface area contributed by atoms with Gasteiger partial charge in [-0.05, 0) is 25.3 Å². The summed E-state index contributed by atoms with van der Waals surface area (Å²) < 4.78 is 13.8. The smallest absolute Gasteiger partial charge is 0.226 e. The van der Waals surface area contributed by atoms with Gasteiger partial charge in [-0.2, -0.15) is 0 Å². The average molecular weight is 254 g/mol. The van der Waals surface area contributed by atoms with E-state index in [-0.39, 0.29) is 16.8 Å². The van der Waals surface area contributed by atoms with E-state index in [0.29, 0.717) is 18.2 Å². The Morgan fingerprint density at radius 2 is 2.24 bits per heavy atom. The maximum absolute atomic E-state index is 13.8. The normalized spacial score (nSPS) is 26.9. The van der Waals surface area contributed by atoms with Crippen molar-refractivity contribution in [1.29, 1.82) is 0 Å². The Labute approximate surface area is 104 Å². The first-order valence-electron chi connectivity index (χ1n) is 5.90. The molecule has 1 saturated heterocycles. The zero-order valence-electron chi connectivity index (χ0n) is 9.33. The molecule has 0 spiro atoms. The van der Waals surface area contributed by atoms with Crippen LogP contribution in [0.1, 0.15) is 24.8 Å². The first kappa shape index (κ1) is 11.0. The van der Waals surface area contributed by atoms with Crippen molar-refractivity contribution in [3.8, 4) is 0 Å². The molecule has 0 N–H and O–H groups in total. The van der Waals surface area contributed by atoms with Crippen LogP contribution in [0.4, 0.5) is 4.39 Å². The fourth-order valence-electron chi connectivity index (χ4n) is 2.94. The lowest BCUT2D eigenvalue weighted by Crippen LogP contribution is -2.36. The molecule has 0 aromatic heterocycles. The van der Waals surface area contributed by atoms with Gasteiger partial charge < -0.3 is 4.90 Å². The van der Waals surface area contributed by atoms with Crippen molar-refractivity contribution < 1.29 is 9.18 Å². The van der Waals surface area contributed by atoms with Crippen LogP contribution in [-0.2, 0) is 11.3 Å². The molecule has 1 aromatic rings. The molecule has 2 aliphatic rings. The quantitative estimate of drug-likeness (QED) is 0.794. The van der Waals surface area contributed by atoms with Crippen molar-refractivity contribution in [2.75, 3.05) is 0 Å². The molecule has 3 rings (SSSR count). The Morgan fingerprint density at radius 1 is 1.41 bits per heavy atom.